The predicted octanol–water partition coefficient (Wildman–Crippen LogP) is 2.77. The molecule has 0 radical (unpaired) electrons. The Labute approximate surface area is 131 Å². The van der Waals surface area contributed by atoms with Crippen molar-refractivity contribution in [1.82, 2.24) is 10.3 Å². The van der Waals surface area contributed by atoms with E-state index in [0.717, 1.165) is 49.1 Å². The lowest BCUT2D eigenvalue weighted by Crippen LogP contribution is -2.30. The monoisotopic (exact) mass is 307 g/mol. The van der Waals surface area contributed by atoms with E-state index in [-0.39, 0.29) is 0 Å². The molecule has 1 aromatic heterocycles. The van der Waals surface area contributed by atoms with Gasteiger partial charge in [0.25, 0.3) is 0 Å². The van der Waals surface area contributed by atoms with Gasteiger partial charge in [-0.15, -0.1) is 0 Å². The quantitative estimate of drug-likeness (QED) is 0.820. The Hall–Kier alpha value is -1.10. The fourth-order valence-corrected chi connectivity index (χ4v) is 2.88. The van der Waals surface area contributed by atoms with E-state index in [1.165, 1.54) is 18.4 Å². The Kier molecular flexibility index (Phi) is 4.78. The number of aromatic nitrogens is 1. The molecule has 21 heavy (non-hydrogen) atoms. The van der Waals surface area contributed by atoms with Gasteiger partial charge in [0, 0.05) is 39.0 Å². The van der Waals surface area contributed by atoms with Crippen molar-refractivity contribution in [3.63, 3.8) is 0 Å². The Morgan fingerprint density at radius 3 is 2.95 bits per heavy atom. The molecule has 1 saturated carbocycles. The molecule has 0 amide bonds. The zero-order chi connectivity index (χ0) is 14.7. The molecule has 1 aliphatic carbocycles. The Morgan fingerprint density at radius 1 is 1.48 bits per heavy atom. The van der Waals surface area contributed by atoms with Gasteiger partial charge in [0.15, 0.2) is 0 Å². The highest BCUT2D eigenvalue weighted by molar-refractivity contribution is 6.33. The Bertz CT molecular complexity index is 528. The van der Waals surface area contributed by atoms with Crippen molar-refractivity contribution < 1.29 is 4.74 Å². The molecule has 2 heterocycles. The highest BCUT2D eigenvalue weighted by Crippen LogP contribution is 2.27. The molecule has 0 saturated heterocycles. The third-order valence-electron chi connectivity index (χ3n) is 3.98. The summed E-state index contributed by atoms with van der Waals surface area (Å²) >= 11 is 6.41. The largest absolute Gasteiger partial charge is 0.380 e. The number of nitrogens with zero attached hydrogens (tertiary/aromatic N) is 2. The summed E-state index contributed by atoms with van der Waals surface area (Å²) < 4.78 is 5.18. The minimum Gasteiger partial charge on any atom is -0.380 e. The van der Waals surface area contributed by atoms with Gasteiger partial charge in [-0.1, -0.05) is 17.7 Å². The molecular formula is C16H22ClN3O. The van der Waals surface area contributed by atoms with Gasteiger partial charge in [-0.3, -0.25) is 0 Å². The first-order chi connectivity index (χ1) is 10.3. The molecule has 2 aliphatic rings. The van der Waals surface area contributed by atoms with Crippen molar-refractivity contribution in [1.29, 1.82) is 0 Å². The topological polar surface area (TPSA) is 37.4 Å². The van der Waals surface area contributed by atoms with Crippen molar-refractivity contribution in [2.24, 2.45) is 0 Å². The zero-order valence-electron chi connectivity index (χ0n) is 12.4. The first kappa shape index (κ1) is 14.8. The van der Waals surface area contributed by atoms with Crippen LogP contribution in [0.3, 0.4) is 0 Å². The van der Waals surface area contributed by atoms with Crippen molar-refractivity contribution in [3.05, 3.63) is 34.5 Å². The summed E-state index contributed by atoms with van der Waals surface area (Å²) in [6.07, 6.45) is 7.75. The van der Waals surface area contributed by atoms with Crippen LogP contribution in [-0.4, -0.2) is 37.8 Å². The van der Waals surface area contributed by atoms with Crippen LogP contribution < -0.4 is 10.2 Å². The number of anilines is 1. The minimum absolute atomic E-state index is 0.704. The van der Waals surface area contributed by atoms with E-state index in [1.807, 2.05) is 12.3 Å². The lowest BCUT2D eigenvalue weighted by molar-refractivity contribution is 0.222. The fourth-order valence-electron chi connectivity index (χ4n) is 2.57. The van der Waals surface area contributed by atoms with Gasteiger partial charge < -0.3 is 15.0 Å². The summed E-state index contributed by atoms with van der Waals surface area (Å²) in [6.45, 7) is 3.38. The zero-order valence-corrected chi connectivity index (χ0v) is 13.2. The molecule has 3 rings (SSSR count). The molecule has 1 aliphatic heterocycles. The number of nitrogens with one attached hydrogen (secondary N) is 1. The smallest absolute Gasteiger partial charge is 0.147 e. The maximum Gasteiger partial charge on any atom is 0.147 e. The van der Waals surface area contributed by atoms with Crippen LogP contribution in [0.5, 0.6) is 0 Å². The molecule has 114 valence electrons. The van der Waals surface area contributed by atoms with Crippen LogP contribution in [0.4, 0.5) is 5.82 Å². The van der Waals surface area contributed by atoms with Crippen LogP contribution in [0.25, 0.3) is 0 Å². The van der Waals surface area contributed by atoms with Gasteiger partial charge in [0.05, 0.1) is 11.6 Å². The minimum atomic E-state index is 0.704. The van der Waals surface area contributed by atoms with Crippen LogP contribution in [0.2, 0.25) is 5.02 Å². The Balaban J connectivity index is 1.62. The third-order valence-corrected chi connectivity index (χ3v) is 4.26. The van der Waals surface area contributed by atoms with E-state index in [9.17, 15) is 0 Å². The van der Waals surface area contributed by atoms with Crippen LogP contribution in [0.15, 0.2) is 23.9 Å². The van der Waals surface area contributed by atoms with E-state index in [1.54, 1.807) is 7.11 Å². The number of pyridine rings is 1. The van der Waals surface area contributed by atoms with Crippen LogP contribution in [-0.2, 0) is 11.3 Å². The normalized spacial score (nSPS) is 18.8. The molecule has 5 heteroatoms. The van der Waals surface area contributed by atoms with E-state index < -0.39 is 0 Å². The summed E-state index contributed by atoms with van der Waals surface area (Å²) in [4.78, 5) is 6.79. The first-order valence-electron chi connectivity index (χ1n) is 7.56. The number of halogens is 1. The van der Waals surface area contributed by atoms with Gasteiger partial charge >= 0.3 is 0 Å². The van der Waals surface area contributed by atoms with E-state index in [0.29, 0.717) is 6.04 Å². The number of methoxy groups -OCH3 is 1. The van der Waals surface area contributed by atoms with Gasteiger partial charge in [-0.2, -0.15) is 0 Å². The average Bonchev–Trinajstić information content (AvgIpc) is 3.31. The van der Waals surface area contributed by atoms with E-state index in [4.69, 9.17) is 16.3 Å². The van der Waals surface area contributed by atoms with E-state index >= 15 is 0 Å². The van der Waals surface area contributed by atoms with Crippen molar-refractivity contribution in [3.8, 4) is 0 Å². The second-order valence-corrected chi connectivity index (χ2v) is 6.20. The molecule has 1 N–H and O–H groups in total. The molecule has 1 aromatic rings. The third kappa shape index (κ3) is 3.96. The van der Waals surface area contributed by atoms with Gasteiger partial charge in [-0.05, 0) is 36.5 Å². The lowest BCUT2D eigenvalue weighted by Gasteiger charge is -2.28. The van der Waals surface area contributed by atoms with Crippen molar-refractivity contribution in [2.45, 2.75) is 31.8 Å². The lowest BCUT2D eigenvalue weighted by atomic mass is 10.1. The number of hydrogen-bond acceptors (Lipinski definition) is 4. The van der Waals surface area contributed by atoms with Crippen molar-refractivity contribution in [2.75, 3.05) is 31.7 Å². The number of rotatable bonds is 6. The summed E-state index contributed by atoms with van der Waals surface area (Å²) in [5.74, 6) is 0.888. The van der Waals surface area contributed by atoms with E-state index in [2.05, 4.69) is 21.3 Å². The van der Waals surface area contributed by atoms with Crippen LogP contribution in [0.1, 0.15) is 24.8 Å². The second kappa shape index (κ2) is 6.77. The maximum absolute atomic E-state index is 6.41. The summed E-state index contributed by atoms with van der Waals surface area (Å²) in [5, 5.41) is 4.23. The molecule has 0 aromatic carbocycles. The molecular weight excluding hydrogens is 286 g/mol. The van der Waals surface area contributed by atoms with Gasteiger partial charge in [0.2, 0.25) is 0 Å². The standard InChI is InChI=1S/C16H22ClN3O/c1-21-11-12-4-6-20(7-5-12)16-15(17)8-13(10-19-16)9-18-14-2-3-14/h4,8,10,14,18H,2-3,5-7,9,11H2,1H3. The maximum atomic E-state index is 6.41. The van der Waals surface area contributed by atoms with Gasteiger partial charge in [-0.25, -0.2) is 4.98 Å². The second-order valence-electron chi connectivity index (χ2n) is 5.80. The Morgan fingerprint density at radius 2 is 2.33 bits per heavy atom. The molecule has 0 spiro atoms. The number of hydrogen-bond donors (Lipinski definition) is 1. The van der Waals surface area contributed by atoms with Crippen LogP contribution >= 0.6 is 11.6 Å². The summed E-state index contributed by atoms with van der Waals surface area (Å²) in [7, 11) is 1.74. The summed E-state index contributed by atoms with van der Waals surface area (Å²) in [6, 6.07) is 2.74. The molecule has 4 nitrogen and oxygen atoms in total. The predicted molar refractivity (Wildman–Crippen MR) is 85.9 cm³/mol. The molecule has 0 bridgehead atoms. The SMILES string of the molecule is COCC1=CCN(c2ncc(CNC3CC3)cc2Cl)CC1. The first-order valence-corrected chi connectivity index (χ1v) is 7.93. The highest BCUT2D eigenvalue weighted by atomic mass is 35.5. The van der Waals surface area contributed by atoms with Crippen molar-refractivity contribution >= 4 is 17.4 Å². The molecule has 0 unspecified atom stereocenters. The highest BCUT2D eigenvalue weighted by Gasteiger charge is 2.20. The fraction of sp³-hybridized carbons (Fsp3) is 0.562. The number of ether oxygens (including phenoxy) is 1. The average molecular weight is 308 g/mol. The van der Waals surface area contributed by atoms with Gasteiger partial charge in [0.1, 0.15) is 5.82 Å². The molecule has 1 fully saturated rings. The molecule has 0 atom stereocenters. The van der Waals surface area contributed by atoms with Crippen LogP contribution in [0, 0.1) is 0 Å². The summed E-state index contributed by atoms with van der Waals surface area (Å²) in [5.41, 5.74) is 2.51.